The first kappa shape index (κ1) is 17.8. The summed E-state index contributed by atoms with van der Waals surface area (Å²) in [6.45, 7) is 8.25. The summed E-state index contributed by atoms with van der Waals surface area (Å²) in [5.41, 5.74) is -0.173. The fraction of sp³-hybridized carbons (Fsp3) is 1.00. The molecule has 0 spiro atoms. The lowest BCUT2D eigenvalue weighted by atomic mass is 10.1. The fourth-order valence-electron chi connectivity index (χ4n) is 1.21. The van der Waals surface area contributed by atoms with Crippen molar-refractivity contribution in [1.82, 2.24) is 14.9 Å². The summed E-state index contributed by atoms with van der Waals surface area (Å²) < 4.78 is 26.2. The maximum absolute atomic E-state index is 11.8. The number of hydrogen-bond acceptors (Lipinski definition) is 4. The van der Waals surface area contributed by atoms with Gasteiger partial charge in [0, 0.05) is 12.1 Å². The van der Waals surface area contributed by atoms with Gasteiger partial charge in [-0.3, -0.25) is 0 Å². The molecular formula is C12H29N3O2S. The Hall–Kier alpha value is -0.170. The molecule has 0 aliphatic heterocycles. The van der Waals surface area contributed by atoms with Crippen molar-refractivity contribution < 1.29 is 8.42 Å². The molecule has 6 heteroatoms. The Morgan fingerprint density at radius 1 is 1.17 bits per heavy atom. The zero-order valence-electron chi connectivity index (χ0n) is 12.4. The maximum Gasteiger partial charge on any atom is 0.211 e. The smallest absolute Gasteiger partial charge is 0.211 e. The summed E-state index contributed by atoms with van der Waals surface area (Å²) in [6, 6.07) is 0. The summed E-state index contributed by atoms with van der Waals surface area (Å²) in [6.07, 6.45) is 1.72. The Labute approximate surface area is 112 Å². The van der Waals surface area contributed by atoms with Crippen LogP contribution in [0.3, 0.4) is 0 Å². The lowest BCUT2D eigenvalue weighted by Gasteiger charge is -2.32. The van der Waals surface area contributed by atoms with Gasteiger partial charge in [-0.1, -0.05) is 6.92 Å². The van der Waals surface area contributed by atoms with Gasteiger partial charge >= 0.3 is 0 Å². The highest BCUT2D eigenvalue weighted by molar-refractivity contribution is 7.89. The Bertz CT molecular complexity index is 313. The molecule has 0 saturated carbocycles. The third kappa shape index (κ3) is 8.02. The molecule has 0 saturated heterocycles. The standard InChI is InChI=1S/C12H29N3O2S/c1-6-8-13-9-7-10-18(16,17)14-11-12(2,3)15(4)5/h13-14H,6-11H2,1-5H3. The quantitative estimate of drug-likeness (QED) is 0.576. The molecule has 0 rings (SSSR count). The van der Waals surface area contributed by atoms with Crippen molar-refractivity contribution >= 4 is 10.0 Å². The molecule has 0 bridgehead atoms. The molecule has 0 heterocycles. The van der Waals surface area contributed by atoms with Crippen molar-refractivity contribution in [2.45, 2.75) is 39.2 Å². The molecule has 0 aromatic rings. The van der Waals surface area contributed by atoms with Crippen molar-refractivity contribution in [2.24, 2.45) is 0 Å². The summed E-state index contributed by atoms with van der Waals surface area (Å²) in [7, 11) is 0.743. The van der Waals surface area contributed by atoms with Gasteiger partial charge in [-0.15, -0.1) is 0 Å². The highest BCUT2D eigenvalue weighted by Gasteiger charge is 2.22. The minimum atomic E-state index is -3.15. The van der Waals surface area contributed by atoms with Crippen LogP contribution in [-0.2, 0) is 10.0 Å². The molecule has 5 nitrogen and oxygen atoms in total. The van der Waals surface area contributed by atoms with E-state index in [1.807, 2.05) is 32.8 Å². The second-order valence-corrected chi connectivity index (χ2v) is 7.38. The van der Waals surface area contributed by atoms with Crippen molar-refractivity contribution in [1.29, 1.82) is 0 Å². The number of likely N-dealkylation sites (N-methyl/N-ethyl adjacent to an activating group) is 1. The largest absolute Gasteiger partial charge is 0.317 e. The van der Waals surface area contributed by atoms with Crippen LogP contribution in [0.25, 0.3) is 0 Å². The Morgan fingerprint density at radius 2 is 1.78 bits per heavy atom. The predicted octanol–water partition coefficient (Wildman–Crippen LogP) is 0.636. The minimum Gasteiger partial charge on any atom is -0.317 e. The lowest BCUT2D eigenvalue weighted by molar-refractivity contribution is 0.199. The second kappa shape index (κ2) is 8.09. The highest BCUT2D eigenvalue weighted by Crippen LogP contribution is 2.08. The van der Waals surface area contributed by atoms with Gasteiger partial charge in [0.05, 0.1) is 5.75 Å². The van der Waals surface area contributed by atoms with E-state index in [1.165, 1.54) is 0 Å². The molecular weight excluding hydrogens is 250 g/mol. The Kier molecular flexibility index (Phi) is 8.02. The molecule has 0 unspecified atom stereocenters. The van der Waals surface area contributed by atoms with Crippen LogP contribution in [0.2, 0.25) is 0 Å². The fourth-order valence-corrected chi connectivity index (χ4v) is 2.45. The summed E-state index contributed by atoms with van der Waals surface area (Å²) in [5.74, 6) is 0.188. The molecule has 0 amide bonds. The summed E-state index contributed by atoms with van der Waals surface area (Å²) in [5, 5.41) is 3.20. The first-order chi connectivity index (χ1) is 8.21. The zero-order chi connectivity index (χ0) is 14.2. The average Bonchev–Trinajstić information content (AvgIpc) is 2.26. The minimum absolute atomic E-state index is 0.173. The molecule has 0 aromatic heterocycles. The van der Waals surface area contributed by atoms with Gasteiger partial charge in [0.25, 0.3) is 0 Å². The number of nitrogens with zero attached hydrogens (tertiary/aromatic N) is 1. The summed E-state index contributed by atoms with van der Waals surface area (Å²) in [4.78, 5) is 2.01. The van der Waals surface area contributed by atoms with Gasteiger partial charge in [-0.05, 0) is 53.9 Å². The van der Waals surface area contributed by atoms with Gasteiger partial charge in [0.15, 0.2) is 0 Å². The third-order valence-corrected chi connectivity index (χ3v) is 4.54. The second-order valence-electron chi connectivity index (χ2n) is 5.45. The van der Waals surface area contributed by atoms with Crippen molar-refractivity contribution in [2.75, 3.05) is 39.5 Å². The van der Waals surface area contributed by atoms with Crippen molar-refractivity contribution in [3.8, 4) is 0 Å². The molecule has 0 atom stereocenters. The van der Waals surface area contributed by atoms with Crippen molar-refractivity contribution in [3.63, 3.8) is 0 Å². The monoisotopic (exact) mass is 279 g/mol. The Morgan fingerprint density at radius 3 is 2.28 bits per heavy atom. The Balaban J connectivity index is 3.94. The maximum atomic E-state index is 11.8. The third-order valence-electron chi connectivity index (χ3n) is 3.13. The predicted molar refractivity (Wildman–Crippen MR) is 77.3 cm³/mol. The van der Waals surface area contributed by atoms with Crippen LogP contribution in [0.1, 0.15) is 33.6 Å². The molecule has 110 valence electrons. The number of rotatable bonds is 10. The zero-order valence-corrected chi connectivity index (χ0v) is 13.2. The van der Waals surface area contributed by atoms with Crippen molar-refractivity contribution in [3.05, 3.63) is 0 Å². The van der Waals surface area contributed by atoms with E-state index >= 15 is 0 Å². The average molecular weight is 279 g/mol. The van der Waals surface area contributed by atoms with E-state index < -0.39 is 10.0 Å². The van der Waals surface area contributed by atoms with E-state index in [2.05, 4.69) is 17.0 Å². The lowest BCUT2D eigenvalue weighted by Crippen LogP contribution is -2.48. The molecule has 18 heavy (non-hydrogen) atoms. The van der Waals surface area contributed by atoms with Gasteiger partial charge in [0.2, 0.25) is 10.0 Å². The van der Waals surface area contributed by atoms with E-state index in [-0.39, 0.29) is 11.3 Å². The molecule has 0 aromatic carbocycles. The first-order valence-electron chi connectivity index (χ1n) is 6.57. The van der Waals surface area contributed by atoms with Gasteiger partial charge in [-0.2, -0.15) is 0 Å². The van der Waals surface area contributed by atoms with Crippen LogP contribution in [0.5, 0.6) is 0 Å². The van der Waals surface area contributed by atoms with E-state index in [0.29, 0.717) is 13.0 Å². The topological polar surface area (TPSA) is 61.4 Å². The molecule has 0 aliphatic rings. The van der Waals surface area contributed by atoms with Crippen LogP contribution >= 0.6 is 0 Å². The molecule has 2 N–H and O–H groups in total. The van der Waals surface area contributed by atoms with Crippen LogP contribution in [-0.4, -0.2) is 58.3 Å². The van der Waals surface area contributed by atoms with E-state index in [1.54, 1.807) is 0 Å². The van der Waals surface area contributed by atoms with E-state index in [0.717, 1.165) is 19.5 Å². The van der Waals surface area contributed by atoms with Crippen LogP contribution in [0.4, 0.5) is 0 Å². The first-order valence-corrected chi connectivity index (χ1v) is 8.22. The van der Waals surface area contributed by atoms with Gasteiger partial charge in [-0.25, -0.2) is 13.1 Å². The normalized spacial score (nSPS) is 13.2. The SMILES string of the molecule is CCCNCCCS(=O)(=O)NCC(C)(C)N(C)C. The van der Waals surface area contributed by atoms with Gasteiger partial charge in [0.1, 0.15) is 0 Å². The number of hydrogen-bond donors (Lipinski definition) is 2. The molecule has 0 aliphatic carbocycles. The highest BCUT2D eigenvalue weighted by atomic mass is 32.2. The van der Waals surface area contributed by atoms with Crippen LogP contribution < -0.4 is 10.0 Å². The van der Waals surface area contributed by atoms with E-state index in [4.69, 9.17) is 0 Å². The van der Waals surface area contributed by atoms with Gasteiger partial charge < -0.3 is 10.2 Å². The molecule has 0 radical (unpaired) electrons. The number of sulfonamides is 1. The van der Waals surface area contributed by atoms with Crippen LogP contribution in [0, 0.1) is 0 Å². The van der Waals surface area contributed by atoms with E-state index in [9.17, 15) is 8.42 Å². The van der Waals surface area contributed by atoms with Crippen LogP contribution in [0.15, 0.2) is 0 Å². The summed E-state index contributed by atoms with van der Waals surface area (Å²) >= 11 is 0. The molecule has 0 fully saturated rings. The number of nitrogens with one attached hydrogen (secondary N) is 2.